The maximum absolute atomic E-state index is 13.0. The van der Waals surface area contributed by atoms with Gasteiger partial charge in [-0.2, -0.15) is 0 Å². The lowest BCUT2D eigenvalue weighted by Gasteiger charge is -2.23. The summed E-state index contributed by atoms with van der Waals surface area (Å²) in [5.74, 6) is -4.54. The number of nitrogens with one attached hydrogen (secondary N) is 1. The first-order valence-electron chi connectivity index (χ1n) is 9.66. The van der Waals surface area contributed by atoms with E-state index in [-0.39, 0.29) is 11.1 Å². The van der Waals surface area contributed by atoms with E-state index in [1.807, 2.05) is 0 Å². The van der Waals surface area contributed by atoms with Crippen LogP contribution in [0.5, 0.6) is 0 Å². The van der Waals surface area contributed by atoms with E-state index in [1.165, 1.54) is 24.3 Å². The first-order valence-corrected chi connectivity index (χ1v) is 10.7. The molecule has 33 heavy (non-hydrogen) atoms. The summed E-state index contributed by atoms with van der Waals surface area (Å²) in [6, 6.07) is 22.1. The van der Waals surface area contributed by atoms with Gasteiger partial charge in [0.25, 0.3) is 5.91 Å². The zero-order valence-corrected chi connectivity index (χ0v) is 19.2. The van der Waals surface area contributed by atoms with E-state index in [0.717, 1.165) is 3.57 Å². The number of rotatable bonds is 8. The predicted octanol–water partition coefficient (Wildman–Crippen LogP) is 3.77. The van der Waals surface area contributed by atoms with Gasteiger partial charge >= 0.3 is 17.9 Å². The van der Waals surface area contributed by atoms with Crippen molar-refractivity contribution < 1.29 is 33.8 Å². The zero-order valence-electron chi connectivity index (χ0n) is 17.0. The molecule has 0 aromatic heterocycles. The van der Waals surface area contributed by atoms with Gasteiger partial charge in [-0.3, -0.25) is 4.79 Å². The minimum absolute atomic E-state index is 0.0786. The van der Waals surface area contributed by atoms with Gasteiger partial charge in [-0.25, -0.2) is 14.4 Å². The molecule has 2 atom stereocenters. The normalized spacial score (nSPS) is 12.2. The van der Waals surface area contributed by atoms with E-state index in [1.54, 1.807) is 60.7 Å². The van der Waals surface area contributed by atoms with Crippen molar-refractivity contribution in [2.45, 2.75) is 12.2 Å². The molecule has 0 unspecified atom stereocenters. The third-order valence-corrected chi connectivity index (χ3v) is 5.09. The molecule has 9 heteroatoms. The van der Waals surface area contributed by atoms with Crippen LogP contribution in [-0.2, 0) is 19.1 Å². The molecule has 3 aromatic rings. The van der Waals surface area contributed by atoms with Crippen LogP contribution in [0, 0.1) is 3.57 Å². The number of carboxylic acid groups (broad SMARTS) is 1. The second-order valence-corrected chi connectivity index (χ2v) is 7.96. The van der Waals surface area contributed by atoms with Gasteiger partial charge in [0.15, 0.2) is 0 Å². The minimum atomic E-state index is -2.09. The molecule has 0 saturated heterocycles. The molecule has 2 N–H and O–H groups in total. The van der Waals surface area contributed by atoms with Crippen LogP contribution >= 0.6 is 22.6 Å². The van der Waals surface area contributed by atoms with Crippen molar-refractivity contribution in [2.24, 2.45) is 0 Å². The number of carboxylic acids is 1. The van der Waals surface area contributed by atoms with Gasteiger partial charge in [0, 0.05) is 9.26 Å². The Kier molecular flexibility index (Phi) is 8.14. The molecule has 0 saturated carbocycles. The molecule has 0 bridgehead atoms. The molecule has 3 rings (SSSR count). The first kappa shape index (κ1) is 23.9. The van der Waals surface area contributed by atoms with Crippen molar-refractivity contribution in [1.29, 1.82) is 0 Å². The maximum Gasteiger partial charge on any atom is 0.349 e. The van der Waals surface area contributed by atoms with Crippen LogP contribution in [0.3, 0.4) is 0 Å². The van der Waals surface area contributed by atoms with Crippen molar-refractivity contribution >= 4 is 52.1 Å². The van der Waals surface area contributed by atoms with Gasteiger partial charge in [-0.15, -0.1) is 0 Å². The third-order valence-electron chi connectivity index (χ3n) is 4.38. The van der Waals surface area contributed by atoms with E-state index >= 15 is 0 Å². The monoisotopic (exact) mass is 559 g/mol. The summed E-state index contributed by atoms with van der Waals surface area (Å²) in [7, 11) is 0. The third kappa shape index (κ3) is 6.62. The Morgan fingerprint density at radius 1 is 0.697 bits per heavy atom. The molecule has 0 aliphatic rings. The molecule has 0 aliphatic heterocycles. The van der Waals surface area contributed by atoms with Crippen molar-refractivity contribution in [3.63, 3.8) is 0 Å². The molecule has 168 valence electrons. The number of ether oxygens (including phenoxy) is 2. The second kappa shape index (κ2) is 11.2. The SMILES string of the molecule is O=C(O[C@H](C(=O)O)[C@@H](OC(=O)c1ccccc1)C(=O)Nc1ccc(I)cc1)c1ccccc1. The van der Waals surface area contributed by atoms with Crippen LogP contribution in [0.15, 0.2) is 84.9 Å². The highest BCUT2D eigenvalue weighted by molar-refractivity contribution is 14.1. The summed E-state index contributed by atoms with van der Waals surface area (Å²) in [6.07, 6.45) is -4.05. The van der Waals surface area contributed by atoms with Crippen molar-refractivity contribution in [3.05, 3.63) is 99.6 Å². The average Bonchev–Trinajstić information content (AvgIpc) is 2.83. The van der Waals surface area contributed by atoms with E-state index < -0.39 is 36.0 Å². The highest BCUT2D eigenvalue weighted by Gasteiger charge is 2.41. The quantitative estimate of drug-likeness (QED) is 0.319. The van der Waals surface area contributed by atoms with Gasteiger partial charge in [-0.1, -0.05) is 36.4 Å². The molecular weight excluding hydrogens is 541 g/mol. The summed E-state index contributed by atoms with van der Waals surface area (Å²) in [6.45, 7) is 0. The molecule has 0 aliphatic carbocycles. The standard InChI is InChI=1S/C24H18INO7/c25-17-11-13-18(14-12-17)26-21(27)19(32-23(30)15-7-3-1-4-8-15)20(22(28)29)33-24(31)16-9-5-2-6-10-16/h1-14,19-20H,(H,26,27)(H,28,29)/t19-,20+/m1/s1. The molecule has 1 amide bonds. The van der Waals surface area contributed by atoms with Crippen LogP contribution in [-0.4, -0.2) is 41.1 Å². The van der Waals surface area contributed by atoms with Gasteiger partial charge < -0.3 is 19.9 Å². The lowest BCUT2D eigenvalue weighted by atomic mass is 10.1. The molecule has 0 radical (unpaired) electrons. The smallest absolute Gasteiger partial charge is 0.349 e. The fraction of sp³-hybridized carbons (Fsp3) is 0.0833. The first-order chi connectivity index (χ1) is 15.8. The van der Waals surface area contributed by atoms with Gasteiger partial charge in [0.2, 0.25) is 12.2 Å². The summed E-state index contributed by atoms with van der Waals surface area (Å²) >= 11 is 2.09. The van der Waals surface area contributed by atoms with Crippen LogP contribution in [0.1, 0.15) is 20.7 Å². The Morgan fingerprint density at radius 2 is 1.15 bits per heavy atom. The van der Waals surface area contributed by atoms with Gasteiger partial charge in [0.05, 0.1) is 11.1 Å². The summed E-state index contributed by atoms with van der Waals surface area (Å²) in [5.41, 5.74) is 0.526. The Balaban J connectivity index is 1.89. The minimum Gasteiger partial charge on any atom is -0.478 e. The average molecular weight is 559 g/mol. The lowest BCUT2D eigenvalue weighted by molar-refractivity contribution is -0.157. The molecule has 3 aromatic carbocycles. The van der Waals surface area contributed by atoms with Crippen LogP contribution < -0.4 is 5.32 Å². The largest absolute Gasteiger partial charge is 0.478 e. The summed E-state index contributed by atoms with van der Waals surface area (Å²) in [5, 5.41) is 12.2. The molecular formula is C24H18INO7. The molecule has 0 fully saturated rings. The lowest BCUT2D eigenvalue weighted by Crippen LogP contribution is -2.48. The number of benzene rings is 3. The van der Waals surface area contributed by atoms with E-state index in [2.05, 4.69) is 27.9 Å². The highest BCUT2D eigenvalue weighted by atomic mass is 127. The van der Waals surface area contributed by atoms with E-state index in [0.29, 0.717) is 5.69 Å². The Bertz CT molecular complexity index is 1130. The van der Waals surface area contributed by atoms with E-state index in [9.17, 15) is 24.3 Å². The number of amides is 1. The summed E-state index contributed by atoms with van der Waals surface area (Å²) in [4.78, 5) is 50.0. The second-order valence-electron chi connectivity index (χ2n) is 6.72. The maximum atomic E-state index is 13.0. The zero-order chi connectivity index (χ0) is 23.8. The highest BCUT2D eigenvalue weighted by Crippen LogP contribution is 2.17. The van der Waals surface area contributed by atoms with Gasteiger partial charge in [-0.05, 0) is 71.1 Å². The Hall–Kier alpha value is -3.73. The Morgan fingerprint density at radius 3 is 1.61 bits per heavy atom. The summed E-state index contributed by atoms with van der Waals surface area (Å²) < 4.78 is 11.3. The van der Waals surface area contributed by atoms with E-state index in [4.69, 9.17) is 9.47 Å². The number of hydrogen-bond donors (Lipinski definition) is 2. The topological polar surface area (TPSA) is 119 Å². The Labute approximate surface area is 202 Å². The number of esters is 2. The van der Waals surface area contributed by atoms with Crippen molar-refractivity contribution in [3.8, 4) is 0 Å². The van der Waals surface area contributed by atoms with Gasteiger partial charge in [0.1, 0.15) is 0 Å². The molecule has 0 heterocycles. The number of carbonyl (C=O) groups is 4. The predicted molar refractivity (Wildman–Crippen MR) is 127 cm³/mol. The van der Waals surface area contributed by atoms with Crippen molar-refractivity contribution in [1.82, 2.24) is 0 Å². The number of anilines is 1. The number of carbonyl (C=O) groups excluding carboxylic acids is 3. The van der Waals surface area contributed by atoms with Crippen molar-refractivity contribution in [2.75, 3.05) is 5.32 Å². The number of halogens is 1. The number of aliphatic carboxylic acids is 1. The molecule has 0 spiro atoms. The fourth-order valence-electron chi connectivity index (χ4n) is 2.76. The molecule has 8 nitrogen and oxygen atoms in total. The van der Waals surface area contributed by atoms with Crippen LogP contribution in [0.4, 0.5) is 5.69 Å². The van der Waals surface area contributed by atoms with Crippen LogP contribution in [0.2, 0.25) is 0 Å². The van der Waals surface area contributed by atoms with Crippen LogP contribution in [0.25, 0.3) is 0 Å². The fourth-order valence-corrected chi connectivity index (χ4v) is 3.12. The number of hydrogen-bond acceptors (Lipinski definition) is 6.